The monoisotopic (exact) mass is 383 g/mol. The van der Waals surface area contributed by atoms with Crippen LogP contribution in [0.5, 0.6) is 0 Å². The lowest BCUT2D eigenvalue weighted by Crippen LogP contribution is -2.30. The van der Waals surface area contributed by atoms with Crippen molar-refractivity contribution in [2.45, 2.75) is 31.7 Å². The van der Waals surface area contributed by atoms with E-state index >= 15 is 0 Å². The van der Waals surface area contributed by atoms with Gasteiger partial charge < -0.3 is 9.42 Å². The maximum atomic E-state index is 12.6. The second-order valence-electron chi connectivity index (χ2n) is 6.75. The number of hydrogen-bond acceptors (Lipinski definition) is 5. The van der Waals surface area contributed by atoms with Gasteiger partial charge in [-0.1, -0.05) is 29.4 Å². The molecular formula is C20H21N3O3S. The number of sulfonamides is 1. The number of benzene rings is 2. The average Bonchev–Trinajstić information content (AvgIpc) is 3.01. The average molecular weight is 383 g/mol. The molecule has 0 saturated heterocycles. The number of fused-ring (bicyclic) bond motifs is 1. The second-order valence-corrected chi connectivity index (χ2v) is 8.37. The summed E-state index contributed by atoms with van der Waals surface area (Å²) in [5, 5.41) is 3.72. The Labute approximate surface area is 158 Å². The van der Waals surface area contributed by atoms with Crippen LogP contribution in [0.15, 0.2) is 57.9 Å². The molecule has 4 rings (SSSR count). The van der Waals surface area contributed by atoms with Gasteiger partial charge in [0, 0.05) is 24.5 Å². The highest BCUT2D eigenvalue weighted by Crippen LogP contribution is 2.27. The molecule has 0 amide bonds. The third-order valence-corrected chi connectivity index (χ3v) is 6.48. The second kappa shape index (κ2) is 6.74. The predicted octanol–water partition coefficient (Wildman–Crippen LogP) is 3.65. The Balaban J connectivity index is 1.52. The van der Waals surface area contributed by atoms with Gasteiger partial charge in [-0.05, 0) is 55.7 Å². The standard InChI is InChI=1S/C20H21N3O3S/c1-14-20(15(2)26-21-14)27(24,25)22-18-7-9-19(10-8-18)23-12-11-16-5-3-4-6-17(16)13-23/h3-10,22H,11-13H2,1-2H3. The highest BCUT2D eigenvalue weighted by molar-refractivity contribution is 7.92. The largest absolute Gasteiger partial charge is 0.367 e. The summed E-state index contributed by atoms with van der Waals surface area (Å²) in [7, 11) is -3.73. The first kappa shape index (κ1) is 17.6. The first-order chi connectivity index (χ1) is 12.9. The summed E-state index contributed by atoms with van der Waals surface area (Å²) in [6.45, 7) is 5.01. The first-order valence-electron chi connectivity index (χ1n) is 8.81. The third-order valence-electron chi connectivity index (χ3n) is 4.85. The van der Waals surface area contributed by atoms with Gasteiger partial charge >= 0.3 is 0 Å². The highest BCUT2D eigenvalue weighted by Gasteiger charge is 2.24. The van der Waals surface area contributed by atoms with Crippen LogP contribution in [0.25, 0.3) is 0 Å². The van der Waals surface area contributed by atoms with Crippen LogP contribution in [0, 0.1) is 13.8 Å². The van der Waals surface area contributed by atoms with Crippen molar-refractivity contribution < 1.29 is 12.9 Å². The van der Waals surface area contributed by atoms with E-state index in [-0.39, 0.29) is 10.7 Å². The van der Waals surface area contributed by atoms with Gasteiger partial charge in [-0.15, -0.1) is 0 Å². The van der Waals surface area contributed by atoms with Crippen LogP contribution in [-0.4, -0.2) is 20.1 Å². The maximum Gasteiger partial charge on any atom is 0.267 e. The number of aromatic nitrogens is 1. The first-order valence-corrected chi connectivity index (χ1v) is 10.3. The van der Waals surface area contributed by atoms with Gasteiger partial charge in [0.2, 0.25) is 0 Å². The molecule has 0 bridgehead atoms. The van der Waals surface area contributed by atoms with Crippen molar-refractivity contribution in [3.8, 4) is 0 Å². The zero-order valence-electron chi connectivity index (χ0n) is 15.3. The SMILES string of the molecule is Cc1noc(C)c1S(=O)(=O)Nc1ccc(N2CCc3ccccc3C2)cc1. The van der Waals surface area contributed by atoms with Gasteiger partial charge in [0.25, 0.3) is 10.0 Å². The molecule has 2 aromatic carbocycles. The zero-order valence-corrected chi connectivity index (χ0v) is 16.1. The lowest BCUT2D eigenvalue weighted by molar-refractivity contribution is 0.390. The van der Waals surface area contributed by atoms with Crippen LogP contribution >= 0.6 is 0 Å². The minimum Gasteiger partial charge on any atom is -0.367 e. The van der Waals surface area contributed by atoms with Gasteiger partial charge in [-0.3, -0.25) is 4.72 Å². The molecule has 1 aliphatic heterocycles. The van der Waals surface area contributed by atoms with E-state index in [1.54, 1.807) is 26.0 Å². The Morgan fingerprint density at radius 1 is 1.04 bits per heavy atom. The minimum atomic E-state index is -3.73. The van der Waals surface area contributed by atoms with Crippen molar-refractivity contribution in [2.75, 3.05) is 16.2 Å². The Hall–Kier alpha value is -2.80. The normalized spacial score (nSPS) is 14.1. The van der Waals surface area contributed by atoms with E-state index in [0.29, 0.717) is 11.4 Å². The van der Waals surface area contributed by atoms with Crippen LogP contribution < -0.4 is 9.62 Å². The van der Waals surface area contributed by atoms with Crippen molar-refractivity contribution in [1.82, 2.24) is 5.16 Å². The topological polar surface area (TPSA) is 75.4 Å². The van der Waals surface area contributed by atoms with E-state index in [1.807, 2.05) is 12.1 Å². The van der Waals surface area contributed by atoms with Crippen LogP contribution in [0.2, 0.25) is 0 Å². The van der Waals surface area contributed by atoms with Crippen LogP contribution in [0.4, 0.5) is 11.4 Å². The van der Waals surface area contributed by atoms with E-state index in [1.165, 1.54) is 11.1 Å². The molecule has 0 aliphatic carbocycles. The van der Waals surface area contributed by atoms with E-state index in [2.05, 4.69) is 39.0 Å². The van der Waals surface area contributed by atoms with Gasteiger partial charge in [-0.25, -0.2) is 8.42 Å². The highest BCUT2D eigenvalue weighted by atomic mass is 32.2. The Bertz CT molecular complexity index is 1050. The van der Waals surface area contributed by atoms with Crippen molar-refractivity contribution in [2.24, 2.45) is 0 Å². The molecule has 2 heterocycles. The molecule has 27 heavy (non-hydrogen) atoms. The summed E-state index contributed by atoms with van der Waals surface area (Å²) >= 11 is 0. The van der Waals surface area contributed by atoms with Crippen molar-refractivity contribution in [3.05, 3.63) is 71.1 Å². The zero-order chi connectivity index (χ0) is 19.0. The molecule has 0 spiro atoms. The summed E-state index contributed by atoms with van der Waals surface area (Å²) in [6, 6.07) is 15.9. The molecule has 1 aromatic heterocycles. The predicted molar refractivity (Wildman–Crippen MR) is 104 cm³/mol. The van der Waals surface area contributed by atoms with Gasteiger partial charge in [0.1, 0.15) is 5.69 Å². The van der Waals surface area contributed by atoms with E-state index < -0.39 is 10.0 Å². The summed E-state index contributed by atoms with van der Waals surface area (Å²) < 4.78 is 32.8. The lowest BCUT2D eigenvalue weighted by atomic mass is 9.99. The molecular weight excluding hydrogens is 362 g/mol. The number of nitrogens with one attached hydrogen (secondary N) is 1. The van der Waals surface area contributed by atoms with Crippen molar-refractivity contribution in [1.29, 1.82) is 0 Å². The Morgan fingerprint density at radius 3 is 2.41 bits per heavy atom. The van der Waals surface area contributed by atoms with Gasteiger partial charge in [0.15, 0.2) is 10.7 Å². The van der Waals surface area contributed by atoms with Crippen molar-refractivity contribution >= 4 is 21.4 Å². The summed E-state index contributed by atoms with van der Waals surface area (Å²) in [6.07, 6.45) is 1.01. The third kappa shape index (κ3) is 3.42. The number of anilines is 2. The molecule has 0 radical (unpaired) electrons. The number of nitrogens with zero attached hydrogens (tertiary/aromatic N) is 2. The molecule has 140 valence electrons. The summed E-state index contributed by atoms with van der Waals surface area (Å²) in [5.74, 6) is 0.281. The fraction of sp³-hybridized carbons (Fsp3) is 0.250. The quantitative estimate of drug-likeness (QED) is 0.744. The van der Waals surface area contributed by atoms with E-state index in [9.17, 15) is 8.42 Å². The smallest absolute Gasteiger partial charge is 0.267 e. The molecule has 0 unspecified atom stereocenters. The maximum absolute atomic E-state index is 12.6. The number of rotatable bonds is 4. The molecule has 0 fully saturated rings. The molecule has 1 N–H and O–H groups in total. The van der Waals surface area contributed by atoms with Crippen LogP contribution in [0.1, 0.15) is 22.6 Å². The Kier molecular flexibility index (Phi) is 4.39. The fourth-order valence-corrected chi connectivity index (χ4v) is 4.91. The molecule has 7 heteroatoms. The molecule has 1 aliphatic rings. The van der Waals surface area contributed by atoms with Gasteiger partial charge in [0.05, 0.1) is 0 Å². The molecule has 6 nitrogen and oxygen atoms in total. The lowest BCUT2D eigenvalue weighted by Gasteiger charge is -2.30. The summed E-state index contributed by atoms with van der Waals surface area (Å²) in [5.41, 5.74) is 4.68. The van der Waals surface area contributed by atoms with Crippen molar-refractivity contribution in [3.63, 3.8) is 0 Å². The van der Waals surface area contributed by atoms with Gasteiger partial charge in [-0.2, -0.15) is 0 Å². The van der Waals surface area contributed by atoms with Crippen LogP contribution in [0.3, 0.4) is 0 Å². The van der Waals surface area contributed by atoms with Crippen LogP contribution in [-0.2, 0) is 23.0 Å². The summed E-state index contributed by atoms with van der Waals surface area (Å²) in [4.78, 5) is 2.40. The fourth-order valence-electron chi connectivity index (χ4n) is 3.52. The minimum absolute atomic E-state index is 0.0965. The van der Waals surface area contributed by atoms with E-state index in [4.69, 9.17) is 4.52 Å². The molecule has 0 saturated carbocycles. The van der Waals surface area contributed by atoms with E-state index in [0.717, 1.165) is 25.2 Å². The molecule has 3 aromatic rings. The molecule has 0 atom stereocenters. The Morgan fingerprint density at radius 2 is 1.74 bits per heavy atom. The number of hydrogen-bond donors (Lipinski definition) is 1. The number of aryl methyl sites for hydroxylation is 2.